The van der Waals surface area contributed by atoms with Crippen molar-refractivity contribution in [2.75, 3.05) is 0 Å². The monoisotopic (exact) mass is 244 g/mol. The molecule has 0 amide bonds. The summed E-state index contributed by atoms with van der Waals surface area (Å²) in [5.41, 5.74) is 0.914. The molecule has 4 heteroatoms. The number of Topliss-reactive ketones (excluding diaryl/α,β-unsaturated/α-hetero) is 1. The summed E-state index contributed by atoms with van der Waals surface area (Å²) in [5, 5.41) is 0.280. The first-order valence-electron chi connectivity index (χ1n) is 4.58. The van der Waals surface area contributed by atoms with E-state index in [2.05, 4.69) is 0 Å². The Balaban J connectivity index is 2.62. The number of halogens is 2. The van der Waals surface area contributed by atoms with E-state index in [0.29, 0.717) is 16.9 Å². The molecule has 1 aliphatic heterocycles. The highest BCUT2D eigenvalue weighted by Crippen LogP contribution is 2.39. The zero-order chi connectivity index (χ0) is 11.2. The number of hydrogen-bond acceptors (Lipinski definition) is 2. The van der Waals surface area contributed by atoms with Crippen LogP contribution < -0.4 is 0 Å². The molecular weight excluding hydrogens is 235 g/mol. The van der Waals surface area contributed by atoms with Crippen LogP contribution in [0, 0.1) is 5.82 Å². The third-order valence-electron chi connectivity index (χ3n) is 2.53. The van der Waals surface area contributed by atoms with Gasteiger partial charge in [0.05, 0.1) is 4.75 Å². The summed E-state index contributed by atoms with van der Waals surface area (Å²) >= 11 is 7.20. The van der Waals surface area contributed by atoms with Gasteiger partial charge in [0.15, 0.2) is 5.78 Å². The Morgan fingerprint density at radius 3 is 2.80 bits per heavy atom. The third-order valence-corrected chi connectivity index (χ3v) is 4.09. The lowest BCUT2D eigenvalue weighted by atomic mass is 9.95. The van der Waals surface area contributed by atoms with Gasteiger partial charge in [-0.15, -0.1) is 11.8 Å². The number of hydrogen-bond donors (Lipinski definition) is 0. The number of carbonyl (C=O) groups is 1. The van der Waals surface area contributed by atoms with Gasteiger partial charge in [-0.05, 0) is 26.0 Å². The molecule has 1 heterocycles. The third kappa shape index (κ3) is 1.79. The molecule has 0 spiro atoms. The Morgan fingerprint density at radius 2 is 2.13 bits per heavy atom. The van der Waals surface area contributed by atoms with Crippen molar-refractivity contribution in [3.8, 4) is 0 Å². The first-order valence-corrected chi connectivity index (χ1v) is 5.95. The zero-order valence-electron chi connectivity index (χ0n) is 8.43. The first-order chi connectivity index (χ1) is 6.92. The average molecular weight is 245 g/mol. The number of carbonyl (C=O) groups excluding carboxylic acids is 1. The van der Waals surface area contributed by atoms with Crippen molar-refractivity contribution in [3.63, 3.8) is 0 Å². The minimum absolute atomic E-state index is 0.0462. The predicted molar refractivity (Wildman–Crippen MR) is 61.1 cm³/mol. The molecule has 15 heavy (non-hydrogen) atoms. The van der Waals surface area contributed by atoms with Gasteiger partial charge < -0.3 is 0 Å². The number of thioether (sulfide) groups is 1. The molecule has 0 N–H and O–H groups in total. The summed E-state index contributed by atoms with van der Waals surface area (Å²) in [6.07, 6.45) is 0. The van der Waals surface area contributed by atoms with Crippen LogP contribution in [0.25, 0.3) is 0 Å². The van der Waals surface area contributed by atoms with Gasteiger partial charge in [-0.2, -0.15) is 0 Å². The van der Waals surface area contributed by atoms with E-state index in [1.54, 1.807) is 6.07 Å². The van der Waals surface area contributed by atoms with Crippen molar-refractivity contribution in [2.24, 2.45) is 0 Å². The highest BCUT2D eigenvalue weighted by molar-refractivity contribution is 8.00. The molecule has 0 saturated heterocycles. The Bertz CT molecular complexity index is 442. The molecule has 0 aromatic heterocycles. The van der Waals surface area contributed by atoms with Crippen LogP contribution in [0.3, 0.4) is 0 Å². The molecular formula is C11H10ClFOS. The number of benzene rings is 1. The molecule has 0 bridgehead atoms. The van der Waals surface area contributed by atoms with E-state index in [0.717, 1.165) is 0 Å². The van der Waals surface area contributed by atoms with Gasteiger partial charge in [0.1, 0.15) is 5.82 Å². The van der Waals surface area contributed by atoms with Crippen molar-refractivity contribution >= 4 is 29.1 Å². The van der Waals surface area contributed by atoms with Gasteiger partial charge in [-0.3, -0.25) is 4.79 Å². The second-order valence-electron chi connectivity index (χ2n) is 4.04. The standard InChI is InChI=1S/C11H10ClFOS/c1-11(2)10(14)7-3-6(12)4-9(13)8(7)5-15-11/h3-4H,5H2,1-2H3. The molecule has 0 saturated carbocycles. The largest absolute Gasteiger partial charge is 0.293 e. The molecule has 1 nitrogen and oxygen atoms in total. The lowest BCUT2D eigenvalue weighted by Gasteiger charge is -2.29. The molecule has 1 aliphatic rings. The van der Waals surface area contributed by atoms with E-state index < -0.39 is 4.75 Å². The highest BCUT2D eigenvalue weighted by atomic mass is 35.5. The summed E-state index contributed by atoms with van der Waals surface area (Å²) in [4.78, 5) is 12.0. The smallest absolute Gasteiger partial charge is 0.178 e. The number of fused-ring (bicyclic) bond motifs is 1. The molecule has 0 atom stereocenters. The van der Waals surface area contributed by atoms with E-state index in [4.69, 9.17) is 11.6 Å². The van der Waals surface area contributed by atoms with Crippen LogP contribution in [0.4, 0.5) is 4.39 Å². The molecule has 80 valence electrons. The molecule has 1 aromatic rings. The van der Waals surface area contributed by atoms with Gasteiger partial charge in [0.2, 0.25) is 0 Å². The van der Waals surface area contributed by atoms with E-state index in [1.165, 1.54) is 17.8 Å². The van der Waals surface area contributed by atoms with Crippen molar-refractivity contribution in [1.82, 2.24) is 0 Å². The number of rotatable bonds is 0. The van der Waals surface area contributed by atoms with Crippen LogP contribution in [-0.4, -0.2) is 10.5 Å². The molecule has 0 radical (unpaired) electrons. The first kappa shape index (κ1) is 11.0. The Labute approximate surface area is 97.0 Å². The molecule has 0 unspecified atom stereocenters. The number of ketones is 1. The maximum absolute atomic E-state index is 13.5. The van der Waals surface area contributed by atoms with E-state index in [-0.39, 0.29) is 16.6 Å². The van der Waals surface area contributed by atoms with Crippen LogP contribution in [0.1, 0.15) is 29.8 Å². The van der Waals surface area contributed by atoms with Crippen LogP contribution in [0.5, 0.6) is 0 Å². The van der Waals surface area contributed by atoms with Crippen LogP contribution in [-0.2, 0) is 5.75 Å². The highest BCUT2D eigenvalue weighted by Gasteiger charge is 2.36. The molecule has 2 rings (SSSR count). The topological polar surface area (TPSA) is 17.1 Å². The van der Waals surface area contributed by atoms with Crippen molar-refractivity contribution in [2.45, 2.75) is 24.3 Å². The Hall–Kier alpha value is -0.540. The Kier molecular flexibility index (Phi) is 2.55. The van der Waals surface area contributed by atoms with E-state index in [9.17, 15) is 9.18 Å². The SMILES string of the molecule is CC1(C)SCc2c(F)cc(Cl)cc2C1=O. The van der Waals surface area contributed by atoms with E-state index in [1.807, 2.05) is 13.8 Å². The summed E-state index contributed by atoms with van der Waals surface area (Å²) in [6, 6.07) is 2.82. The summed E-state index contributed by atoms with van der Waals surface area (Å²) in [6.45, 7) is 3.70. The minimum atomic E-state index is -0.482. The second-order valence-corrected chi connectivity index (χ2v) is 6.08. The van der Waals surface area contributed by atoms with Crippen molar-refractivity contribution in [3.05, 3.63) is 34.1 Å². The minimum Gasteiger partial charge on any atom is -0.293 e. The Morgan fingerprint density at radius 1 is 1.47 bits per heavy atom. The molecule has 0 fully saturated rings. The van der Waals surface area contributed by atoms with Crippen LogP contribution >= 0.6 is 23.4 Å². The van der Waals surface area contributed by atoms with Gasteiger partial charge in [-0.25, -0.2) is 4.39 Å². The van der Waals surface area contributed by atoms with Gasteiger partial charge in [0, 0.05) is 21.9 Å². The molecule has 1 aromatic carbocycles. The quantitative estimate of drug-likeness (QED) is 0.693. The van der Waals surface area contributed by atoms with Gasteiger partial charge in [-0.1, -0.05) is 11.6 Å². The van der Waals surface area contributed by atoms with Gasteiger partial charge in [0.25, 0.3) is 0 Å². The summed E-state index contributed by atoms with van der Waals surface area (Å²) in [5.74, 6) is 0.0980. The lowest BCUT2D eigenvalue weighted by Crippen LogP contribution is -2.32. The van der Waals surface area contributed by atoms with Crippen LogP contribution in [0.2, 0.25) is 5.02 Å². The van der Waals surface area contributed by atoms with E-state index >= 15 is 0 Å². The van der Waals surface area contributed by atoms with Gasteiger partial charge >= 0.3 is 0 Å². The van der Waals surface area contributed by atoms with Crippen LogP contribution in [0.15, 0.2) is 12.1 Å². The second kappa shape index (κ2) is 3.49. The average Bonchev–Trinajstić information content (AvgIpc) is 2.12. The maximum Gasteiger partial charge on any atom is 0.178 e. The zero-order valence-corrected chi connectivity index (χ0v) is 10.0. The molecule has 0 aliphatic carbocycles. The predicted octanol–water partition coefficient (Wildman–Crippen LogP) is 3.69. The fourth-order valence-corrected chi connectivity index (χ4v) is 2.84. The fourth-order valence-electron chi connectivity index (χ4n) is 1.60. The summed E-state index contributed by atoms with van der Waals surface area (Å²) < 4.78 is 13.0. The van der Waals surface area contributed by atoms with Crippen molar-refractivity contribution < 1.29 is 9.18 Å². The maximum atomic E-state index is 13.5. The summed E-state index contributed by atoms with van der Waals surface area (Å²) in [7, 11) is 0. The lowest BCUT2D eigenvalue weighted by molar-refractivity contribution is 0.0954. The fraction of sp³-hybridized carbons (Fsp3) is 0.364. The normalized spacial score (nSPS) is 18.8. The van der Waals surface area contributed by atoms with Crippen molar-refractivity contribution in [1.29, 1.82) is 0 Å².